The zero-order valence-corrected chi connectivity index (χ0v) is 14.4. The lowest BCUT2D eigenvalue weighted by molar-refractivity contribution is 0.0955. The van der Waals surface area contributed by atoms with Gasteiger partial charge in [-0.3, -0.25) is 4.79 Å². The van der Waals surface area contributed by atoms with Gasteiger partial charge in [0.1, 0.15) is 0 Å². The van der Waals surface area contributed by atoms with Crippen LogP contribution in [0.2, 0.25) is 0 Å². The minimum Gasteiger partial charge on any atom is -0.378 e. The molecule has 1 aromatic heterocycles. The van der Waals surface area contributed by atoms with Crippen LogP contribution in [-0.4, -0.2) is 30.8 Å². The summed E-state index contributed by atoms with van der Waals surface area (Å²) in [6, 6.07) is 9.51. The molecule has 1 amide bonds. The van der Waals surface area contributed by atoms with Crippen molar-refractivity contribution in [1.29, 1.82) is 0 Å². The second kappa shape index (κ2) is 7.13. The second-order valence-electron chi connectivity index (χ2n) is 5.71. The van der Waals surface area contributed by atoms with Crippen molar-refractivity contribution in [3.05, 3.63) is 52.8 Å². The number of rotatable bonds is 5. The Balaban J connectivity index is 2.08. The molecule has 0 aliphatic carbocycles. The molecular weight excluding hydrogens is 288 g/mol. The summed E-state index contributed by atoms with van der Waals surface area (Å²) in [5.74, 6) is -0.214. The van der Waals surface area contributed by atoms with Crippen molar-refractivity contribution >= 4 is 17.8 Å². The lowest BCUT2D eigenvalue weighted by atomic mass is 10.2. The molecule has 0 saturated heterocycles. The third-order valence-corrected chi connectivity index (χ3v) is 3.92. The van der Waals surface area contributed by atoms with Crippen LogP contribution in [0.4, 0.5) is 5.69 Å². The Labute approximate surface area is 137 Å². The third-order valence-electron chi connectivity index (χ3n) is 3.92. The predicted octanol–water partition coefficient (Wildman–Crippen LogP) is 2.95. The number of benzene rings is 1. The monoisotopic (exact) mass is 312 g/mol. The highest BCUT2D eigenvalue weighted by molar-refractivity contribution is 5.95. The molecule has 0 aliphatic rings. The SMILES string of the molecule is CCn1c(C)cc(/C=N\NC(=O)c2cccc(N(C)C)c2)c1C. The number of hydrazone groups is 1. The van der Waals surface area contributed by atoms with Crippen molar-refractivity contribution < 1.29 is 4.79 Å². The zero-order chi connectivity index (χ0) is 17.0. The number of amides is 1. The molecule has 1 N–H and O–H groups in total. The van der Waals surface area contributed by atoms with E-state index < -0.39 is 0 Å². The molecular formula is C18H24N4O. The summed E-state index contributed by atoms with van der Waals surface area (Å²) in [5.41, 5.74) is 7.52. The standard InChI is InChI=1S/C18H24N4O/c1-6-22-13(2)10-16(14(22)3)12-19-20-18(23)15-8-7-9-17(11-15)21(4)5/h7-12H,6H2,1-5H3,(H,20,23)/b19-12-. The first-order valence-corrected chi connectivity index (χ1v) is 7.71. The molecule has 1 heterocycles. The van der Waals surface area contributed by atoms with Crippen LogP contribution in [-0.2, 0) is 6.54 Å². The zero-order valence-electron chi connectivity index (χ0n) is 14.4. The molecule has 5 heteroatoms. The number of carbonyl (C=O) groups is 1. The van der Waals surface area contributed by atoms with Crippen LogP contribution in [0.15, 0.2) is 35.4 Å². The number of anilines is 1. The maximum absolute atomic E-state index is 12.2. The van der Waals surface area contributed by atoms with E-state index in [4.69, 9.17) is 0 Å². The summed E-state index contributed by atoms with van der Waals surface area (Å²) in [7, 11) is 3.89. The van der Waals surface area contributed by atoms with Crippen LogP contribution in [0.3, 0.4) is 0 Å². The Morgan fingerprint density at radius 2 is 2.04 bits per heavy atom. The molecule has 23 heavy (non-hydrogen) atoms. The first-order chi connectivity index (χ1) is 10.9. The number of hydrogen-bond acceptors (Lipinski definition) is 3. The molecule has 0 atom stereocenters. The lowest BCUT2D eigenvalue weighted by Gasteiger charge is -2.12. The van der Waals surface area contributed by atoms with Crippen LogP contribution in [0.1, 0.15) is 34.2 Å². The van der Waals surface area contributed by atoms with Crippen molar-refractivity contribution in [2.75, 3.05) is 19.0 Å². The van der Waals surface area contributed by atoms with Gasteiger partial charge in [-0.05, 0) is 45.0 Å². The van der Waals surface area contributed by atoms with E-state index in [1.54, 1.807) is 12.3 Å². The quantitative estimate of drug-likeness (QED) is 0.681. The van der Waals surface area contributed by atoms with Gasteiger partial charge in [0, 0.05) is 48.8 Å². The Bertz CT molecular complexity index is 729. The first kappa shape index (κ1) is 16.8. The fourth-order valence-corrected chi connectivity index (χ4v) is 2.60. The van der Waals surface area contributed by atoms with E-state index in [0.717, 1.165) is 23.5 Å². The number of aromatic nitrogens is 1. The molecule has 0 radical (unpaired) electrons. The number of nitrogens with zero attached hydrogens (tertiary/aromatic N) is 3. The van der Waals surface area contributed by atoms with Gasteiger partial charge >= 0.3 is 0 Å². The molecule has 2 rings (SSSR count). The van der Waals surface area contributed by atoms with Crippen molar-refractivity contribution in [2.45, 2.75) is 27.3 Å². The minimum atomic E-state index is -0.214. The van der Waals surface area contributed by atoms with E-state index >= 15 is 0 Å². The summed E-state index contributed by atoms with van der Waals surface area (Å²) in [4.78, 5) is 14.1. The molecule has 0 fully saturated rings. The third kappa shape index (κ3) is 3.80. The van der Waals surface area contributed by atoms with Crippen LogP contribution in [0.25, 0.3) is 0 Å². The van der Waals surface area contributed by atoms with E-state index in [1.165, 1.54) is 5.69 Å². The Kier molecular flexibility index (Phi) is 5.21. The van der Waals surface area contributed by atoms with E-state index in [0.29, 0.717) is 5.56 Å². The van der Waals surface area contributed by atoms with Gasteiger partial charge in [0.25, 0.3) is 5.91 Å². The average Bonchev–Trinajstić information content (AvgIpc) is 2.81. The number of carbonyl (C=O) groups excluding carboxylic acids is 1. The van der Waals surface area contributed by atoms with Crippen LogP contribution >= 0.6 is 0 Å². The molecule has 5 nitrogen and oxygen atoms in total. The van der Waals surface area contributed by atoms with Gasteiger partial charge in [0.2, 0.25) is 0 Å². The smallest absolute Gasteiger partial charge is 0.271 e. The molecule has 2 aromatic rings. The first-order valence-electron chi connectivity index (χ1n) is 7.71. The van der Waals surface area contributed by atoms with Crippen molar-refractivity contribution in [3.63, 3.8) is 0 Å². The van der Waals surface area contributed by atoms with Gasteiger partial charge in [0.05, 0.1) is 6.21 Å². The normalized spacial score (nSPS) is 11.0. The van der Waals surface area contributed by atoms with Crippen molar-refractivity contribution in [3.8, 4) is 0 Å². The highest BCUT2D eigenvalue weighted by Gasteiger charge is 2.07. The Morgan fingerprint density at radius 3 is 2.65 bits per heavy atom. The summed E-state index contributed by atoms with van der Waals surface area (Å²) in [5, 5.41) is 4.09. The van der Waals surface area contributed by atoms with Gasteiger partial charge < -0.3 is 9.47 Å². The molecule has 0 bridgehead atoms. The van der Waals surface area contributed by atoms with E-state index in [9.17, 15) is 4.79 Å². The van der Waals surface area contributed by atoms with Gasteiger partial charge in [-0.25, -0.2) is 5.43 Å². The second-order valence-corrected chi connectivity index (χ2v) is 5.71. The number of hydrogen-bond donors (Lipinski definition) is 1. The highest BCUT2D eigenvalue weighted by Crippen LogP contribution is 2.14. The van der Waals surface area contributed by atoms with Crippen molar-refractivity contribution in [1.82, 2.24) is 9.99 Å². The largest absolute Gasteiger partial charge is 0.378 e. The minimum absolute atomic E-state index is 0.214. The lowest BCUT2D eigenvalue weighted by Crippen LogP contribution is -2.18. The fourth-order valence-electron chi connectivity index (χ4n) is 2.60. The maximum atomic E-state index is 12.2. The molecule has 0 unspecified atom stereocenters. The van der Waals surface area contributed by atoms with Crippen molar-refractivity contribution in [2.24, 2.45) is 5.10 Å². The molecule has 1 aromatic carbocycles. The summed E-state index contributed by atoms with van der Waals surface area (Å²) < 4.78 is 2.21. The fraction of sp³-hybridized carbons (Fsp3) is 0.333. The molecule has 0 aliphatic heterocycles. The van der Waals surface area contributed by atoms with E-state index in [1.807, 2.05) is 37.2 Å². The highest BCUT2D eigenvalue weighted by atomic mass is 16.2. The van der Waals surface area contributed by atoms with Gasteiger partial charge in [-0.1, -0.05) is 6.07 Å². The molecule has 122 valence electrons. The van der Waals surface area contributed by atoms with Crippen LogP contribution in [0.5, 0.6) is 0 Å². The molecule has 0 saturated carbocycles. The van der Waals surface area contributed by atoms with Gasteiger partial charge in [-0.2, -0.15) is 5.10 Å². The Morgan fingerprint density at radius 1 is 1.30 bits per heavy atom. The number of aryl methyl sites for hydroxylation is 1. The van der Waals surface area contributed by atoms with Gasteiger partial charge in [-0.15, -0.1) is 0 Å². The predicted molar refractivity (Wildman–Crippen MR) is 95.4 cm³/mol. The Hall–Kier alpha value is -2.56. The topological polar surface area (TPSA) is 49.6 Å². The van der Waals surface area contributed by atoms with Gasteiger partial charge in [0.15, 0.2) is 0 Å². The van der Waals surface area contributed by atoms with Crippen LogP contribution < -0.4 is 10.3 Å². The summed E-state index contributed by atoms with van der Waals surface area (Å²) in [6.07, 6.45) is 1.70. The van der Waals surface area contributed by atoms with Crippen LogP contribution in [0, 0.1) is 13.8 Å². The maximum Gasteiger partial charge on any atom is 0.271 e. The average molecular weight is 312 g/mol. The summed E-state index contributed by atoms with van der Waals surface area (Å²) in [6.45, 7) is 7.16. The number of nitrogens with one attached hydrogen (secondary N) is 1. The molecule has 0 spiro atoms. The van der Waals surface area contributed by atoms with E-state index in [2.05, 4.69) is 41.9 Å². The summed E-state index contributed by atoms with van der Waals surface area (Å²) >= 11 is 0. The van der Waals surface area contributed by atoms with E-state index in [-0.39, 0.29) is 5.91 Å².